The smallest absolute Gasteiger partial charge is 0.216 e. The van der Waals surface area contributed by atoms with Crippen molar-refractivity contribution >= 4 is 40.0 Å². The predicted molar refractivity (Wildman–Crippen MR) is 125 cm³/mol. The Bertz CT molecular complexity index is 590. The van der Waals surface area contributed by atoms with Gasteiger partial charge in [0.2, 0.25) is 10.0 Å². The highest BCUT2D eigenvalue weighted by Gasteiger charge is 2.30. The summed E-state index contributed by atoms with van der Waals surface area (Å²) in [5.41, 5.74) is 0. The molecule has 0 aromatic heterocycles. The predicted octanol–water partition coefficient (Wildman–Crippen LogP) is 1.03. The van der Waals surface area contributed by atoms with E-state index < -0.39 is 10.0 Å². The summed E-state index contributed by atoms with van der Waals surface area (Å²) in [6.45, 7) is 9.40. The summed E-state index contributed by atoms with van der Waals surface area (Å²) < 4.78 is 31.9. The molecule has 166 valence electrons. The van der Waals surface area contributed by atoms with E-state index >= 15 is 0 Å². The Morgan fingerprint density at radius 3 is 2.32 bits per heavy atom. The van der Waals surface area contributed by atoms with Crippen LogP contribution < -0.4 is 5.32 Å². The first kappa shape index (κ1) is 25.9. The van der Waals surface area contributed by atoms with Crippen LogP contribution in [-0.4, -0.2) is 106 Å². The molecule has 2 aliphatic rings. The Balaban J connectivity index is 0.00000392. The van der Waals surface area contributed by atoms with Gasteiger partial charge in [-0.2, -0.15) is 4.31 Å². The van der Waals surface area contributed by atoms with Gasteiger partial charge in [0.05, 0.1) is 18.5 Å². The second-order valence-electron chi connectivity index (χ2n) is 7.80. The zero-order valence-electron chi connectivity index (χ0n) is 17.9. The molecular formula is C18H38IN5O3S. The van der Waals surface area contributed by atoms with Gasteiger partial charge in [-0.3, -0.25) is 9.89 Å². The van der Waals surface area contributed by atoms with Crippen LogP contribution in [0.5, 0.6) is 0 Å². The molecule has 0 amide bonds. The number of likely N-dealkylation sites (N-methyl/N-ethyl adjacent to an activating group) is 1. The number of hydrogen-bond donors (Lipinski definition) is 1. The number of piperazine rings is 1. The highest BCUT2D eigenvalue weighted by atomic mass is 127. The molecule has 1 heterocycles. The molecule has 0 aromatic rings. The third-order valence-corrected chi connectivity index (χ3v) is 7.14. The van der Waals surface area contributed by atoms with E-state index in [1.54, 1.807) is 11.4 Å². The molecule has 0 aromatic carbocycles. The molecule has 2 rings (SSSR count). The maximum absolute atomic E-state index is 12.4. The fourth-order valence-electron chi connectivity index (χ4n) is 3.25. The maximum Gasteiger partial charge on any atom is 0.216 e. The molecule has 1 aliphatic heterocycles. The molecule has 1 aliphatic carbocycles. The Morgan fingerprint density at radius 2 is 1.82 bits per heavy atom. The fraction of sp³-hybridized carbons (Fsp3) is 0.944. The van der Waals surface area contributed by atoms with Crippen LogP contribution in [0.1, 0.15) is 33.6 Å². The summed E-state index contributed by atoms with van der Waals surface area (Å²) in [6.07, 6.45) is 2.65. The van der Waals surface area contributed by atoms with E-state index in [2.05, 4.69) is 34.1 Å². The van der Waals surface area contributed by atoms with Crippen molar-refractivity contribution in [1.82, 2.24) is 19.4 Å². The molecule has 0 radical (unpaired) electrons. The van der Waals surface area contributed by atoms with Gasteiger partial charge in [-0.25, -0.2) is 8.42 Å². The van der Waals surface area contributed by atoms with Crippen LogP contribution in [0.3, 0.4) is 0 Å². The lowest BCUT2D eigenvalue weighted by atomic mass is 10.3. The lowest BCUT2D eigenvalue weighted by molar-refractivity contribution is 0.0904. The van der Waals surface area contributed by atoms with Crippen LogP contribution in [0.2, 0.25) is 0 Å². The summed E-state index contributed by atoms with van der Waals surface area (Å²) >= 11 is 0. The molecule has 28 heavy (non-hydrogen) atoms. The number of sulfonamides is 1. The third kappa shape index (κ3) is 7.92. The molecule has 10 heteroatoms. The van der Waals surface area contributed by atoms with Gasteiger partial charge in [0, 0.05) is 51.9 Å². The van der Waals surface area contributed by atoms with Gasteiger partial charge in [0.25, 0.3) is 0 Å². The summed E-state index contributed by atoms with van der Waals surface area (Å²) in [5.74, 6) is 0.898. The minimum Gasteiger partial charge on any atom is -0.378 e. The number of rotatable bonds is 9. The number of ether oxygens (including phenoxy) is 1. The van der Waals surface area contributed by atoms with E-state index in [-0.39, 0.29) is 42.4 Å². The zero-order chi connectivity index (χ0) is 20.0. The average Bonchev–Trinajstić information content (AvgIpc) is 3.46. The monoisotopic (exact) mass is 531 g/mol. The molecule has 1 saturated carbocycles. The van der Waals surface area contributed by atoms with Crippen molar-refractivity contribution in [2.75, 3.05) is 59.2 Å². The van der Waals surface area contributed by atoms with E-state index in [0.717, 1.165) is 18.5 Å². The van der Waals surface area contributed by atoms with Gasteiger partial charge in [-0.05, 0) is 40.7 Å². The molecule has 2 fully saturated rings. The Kier molecular flexibility index (Phi) is 11.0. The van der Waals surface area contributed by atoms with E-state index in [0.29, 0.717) is 32.2 Å². The molecule has 1 unspecified atom stereocenters. The van der Waals surface area contributed by atoms with Crippen LogP contribution in [0.15, 0.2) is 4.99 Å². The normalized spacial score (nSPS) is 20.4. The summed E-state index contributed by atoms with van der Waals surface area (Å²) in [4.78, 5) is 8.94. The van der Waals surface area contributed by atoms with Crippen LogP contribution >= 0.6 is 24.0 Å². The summed E-state index contributed by atoms with van der Waals surface area (Å²) in [6, 6.07) is 1.18. The Labute approximate surface area is 188 Å². The largest absolute Gasteiger partial charge is 0.378 e. The van der Waals surface area contributed by atoms with Gasteiger partial charge < -0.3 is 15.0 Å². The van der Waals surface area contributed by atoms with Crippen molar-refractivity contribution in [3.63, 3.8) is 0 Å². The first-order chi connectivity index (χ1) is 12.7. The molecule has 8 nitrogen and oxygen atoms in total. The second kappa shape index (κ2) is 11.9. The minimum atomic E-state index is -3.26. The molecule has 0 bridgehead atoms. The zero-order valence-corrected chi connectivity index (χ0v) is 21.1. The first-order valence-corrected chi connectivity index (χ1v) is 11.6. The molecular weight excluding hydrogens is 493 g/mol. The quantitative estimate of drug-likeness (QED) is 0.272. The van der Waals surface area contributed by atoms with Crippen LogP contribution in [0.25, 0.3) is 0 Å². The number of nitrogens with zero attached hydrogens (tertiary/aromatic N) is 4. The topological polar surface area (TPSA) is 77.5 Å². The van der Waals surface area contributed by atoms with Crippen molar-refractivity contribution in [3.05, 3.63) is 0 Å². The Hall–Kier alpha value is -0.170. The number of aliphatic imine (C=N–C) groups is 1. The number of halogens is 1. The van der Waals surface area contributed by atoms with E-state index in [1.807, 2.05) is 13.8 Å². The van der Waals surface area contributed by atoms with Gasteiger partial charge >= 0.3 is 0 Å². The number of hydrogen-bond acceptors (Lipinski definition) is 5. The van der Waals surface area contributed by atoms with Crippen molar-refractivity contribution in [2.24, 2.45) is 4.99 Å². The van der Waals surface area contributed by atoms with Crippen LogP contribution in [-0.2, 0) is 14.8 Å². The van der Waals surface area contributed by atoms with Crippen molar-refractivity contribution in [1.29, 1.82) is 0 Å². The average molecular weight is 532 g/mol. The van der Waals surface area contributed by atoms with Crippen molar-refractivity contribution < 1.29 is 13.2 Å². The standard InChI is InChI=1S/C18H37N5O3S.HI/c1-15(2)26-12-13-27(24,25)23-10-8-22(9-11-23)18(19-4)20-14-16(3)21(5)17-6-7-17;/h15-17H,6-14H2,1-5H3,(H,19,20);1H. The summed E-state index contributed by atoms with van der Waals surface area (Å²) in [7, 11) is 0.702. The van der Waals surface area contributed by atoms with Crippen molar-refractivity contribution in [3.8, 4) is 0 Å². The highest BCUT2D eigenvalue weighted by Crippen LogP contribution is 2.26. The third-order valence-electron chi connectivity index (χ3n) is 5.31. The van der Waals surface area contributed by atoms with E-state index in [4.69, 9.17) is 4.74 Å². The van der Waals surface area contributed by atoms with Gasteiger partial charge in [-0.1, -0.05) is 0 Å². The lowest BCUT2D eigenvalue weighted by Crippen LogP contribution is -2.55. The molecule has 1 saturated heterocycles. The molecule has 0 spiro atoms. The second-order valence-corrected chi connectivity index (χ2v) is 9.88. The fourth-order valence-corrected chi connectivity index (χ4v) is 4.54. The van der Waals surface area contributed by atoms with Gasteiger partial charge in [0.15, 0.2) is 5.96 Å². The summed E-state index contributed by atoms with van der Waals surface area (Å²) in [5, 5.41) is 3.45. The Morgan fingerprint density at radius 1 is 1.21 bits per heavy atom. The maximum atomic E-state index is 12.4. The highest BCUT2D eigenvalue weighted by molar-refractivity contribution is 14.0. The SMILES string of the molecule is CN=C(NCC(C)N(C)C1CC1)N1CCN(S(=O)(=O)CCOC(C)C)CC1.I. The lowest BCUT2D eigenvalue weighted by Gasteiger charge is -2.36. The number of guanidine groups is 1. The molecule has 1 N–H and O–H groups in total. The van der Waals surface area contributed by atoms with E-state index in [1.165, 1.54) is 12.8 Å². The first-order valence-electron chi connectivity index (χ1n) is 10.0. The van der Waals surface area contributed by atoms with Crippen LogP contribution in [0.4, 0.5) is 0 Å². The molecule has 1 atom stereocenters. The van der Waals surface area contributed by atoms with E-state index in [9.17, 15) is 8.42 Å². The van der Waals surface area contributed by atoms with Gasteiger partial charge in [-0.15, -0.1) is 24.0 Å². The van der Waals surface area contributed by atoms with Crippen molar-refractivity contribution in [2.45, 2.75) is 51.8 Å². The van der Waals surface area contributed by atoms with Crippen LogP contribution in [0, 0.1) is 0 Å². The van der Waals surface area contributed by atoms with Gasteiger partial charge in [0.1, 0.15) is 0 Å². The number of nitrogens with one attached hydrogen (secondary N) is 1. The minimum absolute atomic E-state index is 0.